The minimum atomic E-state index is 0.452. The van der Waals surface area contributed by atoms with Crippen molar-refractivity contribution in [1.29, 1.82) is 0 Å². The Morgan fingerprint density at radius 2 is 2.04 bits per heavy atom. The molecule has 0 aliphatic carbocycles. The molecular formula is C15H19N7OS2. The summed E-state index contributed by atoms with van der Waals surface area (Å²) in [5, 5.41) is 7.95. The van der Waals surface area contributed by atoms with Gasteiger partial charge in [0.1, 0.15) is 10.8 Å². The third-order valence-corrected chi connectivity index (χ3v) is 4.38. The summed E-state index contributed by atoms with van der Waals surface area (Å²) in [4.78, 5) is 19.7. The average Bonchev–Trinajstić information content (AvgIpc) is 2.63. The molecule has 1 aliphatic heterocycles. The maximum atomic E-state index is 5.42. The fraction of sp³-hybridized carbons (Fsp3) is 0.400. The van der Waals surface area contributed by atoms with Crippen molar-refractivity contribution in [2.24, 2.45) is 0 Å². The number of rotatable bonds is 5. The van der Waals surface area contributed by atoms with E-state index in [0.717, 1.165) is 30.5 Å². The monoisotopic (exact) mass is 377 g/mol. The summed E-state index contributed by atoms with van der Waals surface area (Å²) < 4.78 is 5.42. The fourth-order valence-corrected chi connectivity index (χ4v) is 3.16. The second kappa shape index (κ2) is 8.88. The summed E-state index contributed by atoms with van der Waals surface area (Å²) in [6.45, 7) is 5.67. The van der Waals surface area contributed by atoms with Crippen molar-refractivity contribution < 1.29 is 4.74 Å². The standard InChI is InChI=1S/C15H19N7OS2/c1-2-16-14(24)21-13-19-11(22-6-8-23-9-7-22)10-12(20-13)25-15-17-4-3-5-18-15/h3-5,10H,2,6-9H2,1H3,(H2,16,19,20,21,24). The molecule has 3 heterocycles. The van der Waals surface area contributed by atoms with E-state index in [0.29, 0.717) is 29.4 Å². The Bertz CT molecular complexity index is 710. The van der Waals surface area contributed by atoms with Gasteiger partial charge >= 0.3 is 0 Å². The van der Waals surface area contributed by atoms with Gasteiger partial charge < -0.3 is 20.3 Å². The van der Waals surface area contributed by atoms with E-state index in [9.17, 15) is 0 Å². The predicted octanol–water partition coefficient (Wildman–Crippen LogP) is 1.56. The number of nitrogens with zero attached hydrogens (tertiary/aromatic N) is 5. The molecule has 132 valence electrons. The summed E-state index contributed by atoms with van der Waals surface area (Å²) in [5.74, 6) is 1.28. The highest BCUT2D eigenvalue weighted by atomic mass is 32.2. The molecule has 0 radical (unpaired) electrons. The zero-order valence-electron chi connectivity index (χ0n) is 13.8. The first-order valence-electron chi connectivity index (χ1n) is 7.96. The molecule has 0 amide bonds. The van der Waals surface area contributed by atoms with Crippen LogP contribution in [0.15, 0.2) is 34.7 Å². The molecule has 0 bridgehead atoms. The second-order valence-electron chi connectivity index (χ2n) is 5.11. The molecule has 2 N–H and O–H groups in total. The number of morpholine rings is 1. The Labute approximate surface area is 155 Å². The zero-order chi connectivity index (χ0) is 17.5. The zero-order valence-corrected chi connectivity index (χ0v) is 15.4. The van der Waals surface area contributed by atoms with Crippen LogP contribution in [0.3, 0.4) is 0 Å². The van der Waals surface area contributed by atoms with Crippen LogP contribution in [0.5, 0.6) is 0 Å². The van der Waals surface area contributed by atoms with Crippen LogP contribution in [-0.4, -0.2) is 57.9 Å². The first kappa shape index (κ1) is 17.8. The average molecular weight is 377 g/mol. The molecule has 2 aromatic rings. The normalized spacial score (nSPS) is 14.2. The van der Waals surface area contributed by atoms with Crippen LogP contribution in [0, 0.1) is 0 Å². The van der Waals surface area contributed by atoms with Crippen molar-refractivity contribution in [3.05, 3.63) is 24.5 Å². The molecule has 8 nitrogen and oxygen atoms in total. The van der Waals surface area contributed by atoms with Gasteiger partial charge in [-0.3, -0.25) is 0 Å². The molecule has 0 spiro atoms. The van der Waals surface area contributed by atoms with Gasteiger partial charge in [-0.15, -0.1) is 0 Å². The smallest absolute Gasteiger partial charge is 0.232 e. The van der Waals surface area contributed by atoms with E-state index in [2.05, 4.69) is 35.5 Å². The van der Waals surface area contributed by atoms with Gasteiger partial charge in [-0.2, -0.15) is 4.98 Å². The van der Waals surface area contributed by atoms with Crippen LogP contribution in [-0.2, 0) is 4.74 Å². The second-order valence-corrected chi connectivity index (χ2v) is 6.50. The third-order valence-electron chi connectivity index (χ3n) is 3.32. The highest BCUT2D eigenvalue weighted by Gasteiger charge is 2.16. The van der Waals surface area contributed by atoms with Crippen molar-refractivity contribution in [2.45, 2.75) is 17.1 Å². The Hall–Kier alpha value is -2.04. The molecule has 3 rings (SSSR count). The van der Waals surface area contributed by atoms with E-state index in [-0.39, 0.29) is 0 Å². The van der Waals surface area contributed by atoms with Crippen LogP contribution >= 0.6 is 24.0 Å². The molecule has 1 aliphatic rings. The fourth-order valence-electron chi connectivity index (χ4n) is 2.21. The number of thiocarbonyl (C=S) groups is 1. The summed E-state index contributed by atoms with van der Waals surface area (Å²) in [5.41, 5.74) is 0. The van der Waals surface area contributed by atoms with E-state index in [1.807, 2.05) is 13.0 Å². The molecule has 0 atom stereocenters. The highest BCUT2D eigenvalue weighted by Crippen LogP contribution is 2.27. The van der Waals surface area contributed by atoms with E-state index >= 15 is 0 Å². The Balaban J connectivity index is 1.85. The lowest BCUT2D eigenvalue weighted by Crippen LogP contribution is -2.37. The lowest BCUT2D eigenvalue weighted by Gasteiger charge is -2.28. The largest absolute Gasteiger partial charge is 0.378 e. The van der Waals surface area contributed by atoms with Crippen molar-refractivity contribution in [1.82, 2.24) is 25.3 Å². The van der Waals surface area contributed by atoms with Gasteiger partial charge in [0, 0.05) is 38.1 Å². The number of anilines is 2. The van der Waals surface area contributed by atoms with Crippen molar-refractivity contribution in [3.63, 3.8) is 0 Å². The van der Waals surface area contributed by atoms with E-state index in [1.54, 1.807) is 18.5 Å². The molecule has 0 aromatic carbocycles. The molecule has 10 heteroatoms. The quantitative estimate of drug-likeness (QED) is 0.455. The minimum Gasteiger partial charge on any atom is -0.378 e. The van der Waals surface area contributed by atoms with Crippen LogP contribution in [0.2, 0.25) is 0 Å². The van der Waals surface area contributed by atoms with Gasteiger partial charge in [0.15, 0.2) is 10.3 Å². The highest BCUT2D eigenvalue weighted by molar-refractivity contribution is 7.99. The van der Waals surface area contributed by atoms with Crippen molar-refractivity contribution >= 4 is 40.9 Å². The van der Waals surface area contributed by atoms with E-state index in [4.69, 9.17) is 17.0 Å². The predicted molar refractivity (Wildman–Crippen MR) is 101 cm³/mol. The van der Waals surface area contributed by atoms with Gasteiger partial charge in [0.05, 0.1) is 13.2 Å². The summed E-state index contributed by atoms with van der Waals surface area (Å²) >= 11 is 6.63. The van der Waals surface area contributed by atoms with Crippen LogP contribution < -0.4 is 15.5 Å². The Morgan fingerprint density at radius 1 is 1.28 bits per heavy atom. The van der Waals surface area contributed by atoms with E-state index < -0.39 is 0 Å². The molecule has 2 aromatic heterocycles. The molecule has 25 heavy (non-hydrogen) atoms. The molecule has 0 unspecified atom stereocenters. The first-order valence-corrected chi connectivity index (χ1v) is 9.18. The Kier molecular flexibility index (Phi) is 6.31. The molecule has 1 fully saturated rings. The van der Waals surface area contributed by atoms with Crippen molar-refractivity contribution in [3.8, 4) is 0 Å². The number of aromatic nitrogens is 4. The summed E-state index contributed by atoms with van der Waals surface area (Å²) in [6, 6.07) is 3.72. The molecule has 0 saturated carbocycles. The third kappa shape index (κ3) is 5.21. The minimum absolute atomic E-state index is 0.452. The number of ether oxygens (including phenoxy) is 1. The van der Waals surface area contributed by atoms with Crippen LogP contribution in [0.4, 0.5) is 11.8 Å². The van der Waals surface area contributed by atoms with Crippen molar-refractivity contribution in [2.75, 3.05) is 43.1 Å². The summed E-state index contributed by atoms with van der Waals surface area (Å²) in [7, 11) is 0. The topological polar surface area (TPSA) is 88.1 Å². The van der Waals surface area contributed by atoms with Gasteiger partial charge in [-0.25, -0.2) is 15.0 Å². The van der Waals surface area contributed by atoms with Gasteiger partial charge in [0.2, 0.25) is 5.95 Å². The number of hydrogen-bond donors (Lipinski definition) is 2. The van der Waals surface area contributed by atoms with E-state index in [1.165, 1.54) is 11.8 Å². The van der Waals surface area contributed by atoms with Gasteiger partial charge in [0.25, 0.3) is 0 Å². The SMILES string of the molecule is CCNC(=S)Nc1nc(Sc2ncccn2)cc(N2CCOCC2)n1. The number of hydrogen-bond acceptors (Lipinski definition) is 8. The number of nitrogens with one attached hydrogen (secondary N) is 2. The van der Waals surface area contributed by atoms with Crippen LogP contribution in [0.25, 0.3) is 0 Å². The van der Waals surface area contributed by atoms with Gasteiger partial charge in [-0.05, 0) is 37.0 Å². The maximum Gasteiger partial charge on any atom is 0.232 e. The maximum absolute atomic E-state index is 5.42. The van der Waals surface area contributed by atoms with Gasteiger partial charge in [-0.1, -0.05) is 0 Å². The Morgan fingerprint density at radius 3 is 2.76 bits per heavy atom. The summed E-state index contributed by atoms with van der Waals surface area (Å²) in [6.07, 6.45) is 3.41. The lowest BCUT2D eigenvalue weighted by atomic mass is 10.4. The molecule has 1 saturated heterocycles. The first-order chi connectivity index (χ1) is 12.2. The van der Waals surface area contributed by atoms with Crippen LogP contribution in [0.1, 0.15) is 6.92 Å². The lowest BCUT2D eigenvalue weighted by molar-refractivity contribution is 0.122. The molecular weight excluding hydrogens is 358 g/mol.